The summed E-state index contributed by atoms with van der Waals surface area (Å²) in [5.74, 6) is -4.45. The maximum atomic E-state index is 13.4. The first kappa shape index (κ1) is 52.9. The number of pyridine rings is 4. The van der Waals surface area contributed by atoms with Gasteiger partial charge in [-0.1, -0.05) is 174 Å². The molecular formula is C85H87F3N4+4. The van der Waals surface area contributed by atoms with Crippen LogP contribution in [0.1, 0.15) is 106 Å². The molecule has 12 rings (SSSR count). The number of aromatic nitrogens is 4. The number of aryl methyl sites for hydroxylation is 10. The molecule has 464 valence electrons. The number of rotatable bonds is 11. The molecule has 92 heavy (non-hydrogen) atoms. The second-order valence-electron chi connectivity index (χ2n) is 23.3. The third-order valence-corrected chi connectivity index (χ3v) is 16.6. The van der Waals surface area contributed by atoms with Crippen molar-refractivity contribution in [1.82, 2.24) is 0 Å². The highest BCUT2D eigenvalue weighted by Crippen LogP contribution is 2.35. The van der Waals surface area contributed by atoms with E-state index in [0.717, 1.165) is 89.4 Å². The smallest absolute Gasteiger partial charge is 0.207 e. The zero-order valence-corrected chi connectivity index (χ0v) is 54.3. The molecule has 0 N–H and O–H groups in total. The van der Waals surface area contributed by atoms with Crippen LogP contribution in [0, 0.1) is 52.1 Å². The van der Waals surface area contributed by atoms with Crippen molar-refractivity contribution in [2.24, 2.45) is 28.2 Å². The van der Waals surface area contributed by atoms with Crippen molar-refractivity contribution < 1.29 is 46.5 Å². The van der Waals surface area contributed by atoms with E-state index in [1.54, 1.807) is 30.3 Å². The zero-order chi connectivity index (χ0) is 75.1. The molecule has 0 aliphatic carbocycles. The molecule has 2 unspecified atom stereocenters. The van der Waals surface area contributed by atoms with E-state index >= 15 is 0 Å². The third kappa shape index (κ3) is 15.8. The van der Waals surface area contributed by atoms with Crippen LogP contribution in [0.4, 0.5) is 13.2 Å². The molecule has 0 radical (unpaired) electrons. The average Bonchev–Trinajstić information content (AvgIpc) is 0.761. The van der Waals surface area contributed by atoms with Crippen LogP contribution < -0.4 is 18.3 Å². The molecule has 0 aliphatic heterocycles. The Kier molecular flexibility index (Phi) is 17.4. The van der Waals surface area contributed by atoms with Gasteiger partial charge in [0.1, 0.15) is 45.6 Å². The van der Waals surface area contributed by atoms with Gasteiger partial charge in [-0.2, -0.15) is 0 Å². The predicted octanol–water partition coefficient (Wildman–Crippen LogP) is 20.1. The van der Waals surface area contributed by atoms with Crippen molar-refractivity contribution in [3.63, 3.8) is 0 Å². The lowest BCUT2D eigenvalue weighted by Crippen LogP contribution is -2.31. The summed E-state index contributed by atoms with van der Waals surface area (Å²) >= 11 is 0. The Balaban J connectivity index is 0.000000160. The average molecular weight is 1230 g/mol. The van der Waals surface area contributed by atoms with Gasteiger partial charge in [-0.15, -0.1) is 0 Å². The van der Waals surface area contributed by atoms with E-state index in [2.05, 4.69) is 54.9 Å². The van der Waals surface area contributed by atoms with Gasteiger partial charge in [0.25, 0.3) is 0 Å². The molecule has 0 saturated carbocycles. The number of halogens is 3. The molecule has 0 spiro atoms. The molecule has 0 amide bonds. The van der Waals surface area contributed by atoms with Crippen LogP contribution in [0.25, 0.3) is 89.5 Å². The van der Waals surface area contributed by atoms with Crippen molar-refractivity contribution in [2.75, 3.05) is 0 Å². The Labute approximate surface area is 560 Å². The second kappa shape index (κ2) is 30.3. The van der Waals surface area contributed by atoms with Crippen molar-refractivity contribution >= 4 is 0 Å². The van der Waals surface area contributed by atoms with Gasteiger partial charge >= 0.3 is 0 Å². The van der Waals surface area contributed by atoms with Gasteiger partial charge in [0.2, 0.25) is 22.8 Å². The van der Waals surface area contributed by atoms with E-state index in [9.17, 15) is 13.2 Å². The first-order valence-corrected chi connectivity index (χ1v) is 30.6. The van der Waals surface area contributed by atoms with Crippen molar-refractivity contribution in [1.29, 1.82) is 0 Å². The van der Waals surface area contributed by atoms with Crippen molar-refractivity contribution in [3.05, 3.63) is 311 Å². The molecular weight excluding hydrogens is 1130 g/mol. The first-order valence-electron chi connectivity index (χ1n) is 36.1. The molecule has 0 bridgehead atoms. The normalized spacial score (nSPS) is 14.3. The van der Waals surface area contributed by atoms with Gasteiger partial charge in [0, 0.05) is 83.9 Å². The highest BCUT2D eigenvalue weighted by Gasteiger charge is 2.23. The van der Waals surface area contributed by atoms with E-state index in [1.165, 1.54) is 72.6 Å². The van der Waals surface area contributed by atoms with Crippen LogP contribution in [-0.4, -0.2) is 0 Å². The minimum absolute atomic E-state index is 0.0422. The molecule has 2 atom stereocenters. The minimum atomic E-state index is -2.52. The number of hydrogen-bond donors (Lipinski definition) is 0. The van der Waals surface area contributed by atoms with Gasteiger partial charge in [-0.3, -0.25) is 0 Å². The van der Waals surface area contributed by atoms with Gasteiger partial charge in [0.05, 0.1) is 0 Å². The van der Waals surface area contributed by atoms with Gasteiger partial charge in [0.15, 0.2) is 24.8 Å². The van der Waals surface area contributed by atoms with Crippen molar-refractivity contribution in [2.45, 2.75) is 87.2 Å². The fourth-order valence-electron chi connectivity index (χ4n) is 11.5. The summed E-state index contributed by atoms with van der Waals surface area (Å²) in [4.78, 5) is 0. The van der Waals surface area contributed by atoms with Crippen LogP contribution in [0.5, 0.6) is 0 Å². The summed E-state index contributed by atoms with van der Waals surface area (Å²) in [7, 11) is 7.83. The molecule has 0 fully saturated rings. The van der Waals surface area contributed by atoms with Crippen LogP contribution in [0.15, 0.2) is 249 Å². The molecule has 4 aromatic heterocycles. The lowest BCUT2D eigenvalue weighted by atomic mass is 9.91. The number of hydrogen-bond acceptors (Lipinski definition) is 0. The van der Waals surface area contributed by atoms with Gasteiger partial charge in [-0.05, 0) is 180 Å². The van der Waals surface area contributed by atoms with Crippen LogP contribution in [0.2, 0.25) is 0 Å². The Hall–Kier alpha value is -9.85. The highest BCUT2D eigenvalue weighted by molar-refractivity contribution is 5.74. The molecule has 0 saturated heterocycles. The Morgan fingerprint density at radius 1 is 0.326 bits per heavy atom. The molecule has 0 aliphatic rings. The predicted molar refractivity (Wildman–Crippen MR) is 375 cm³/mol. The summed E-state index contributed by atoms with van der Waals surface area (Å²) in [6.45, 7) is 6.11. The summed E-state index contributed by atoms with van der Waals surface area (Å²) in [5.41, 5.74) is 22.2. The molecule has 4 heterocycles. The standard InChI is InChI=1S/C22H23FN.C22H24N.C21H21FN.C20H19FN/c1-15(2)20-13-22(19-8-6-5-7-16(19)3)24(4)14-21(20)17-9-11-18(23)12-10-17;1-16(2)20-14-22(19-13-9-8-10-17(19)3)23(4)15-21(20)18-11-6-5-7-12-18;1-4-16-13-21(19-8-6-5-7-15(19)2)23(3)14-20(16)17-9-11-18(22)12-10-17;1-14-6-4-5-7-18(14)20-12-15(2)19(13-22(20)3)16-8-10-17(21)11-9-16/h5-15H,1-4H3;5-16H,1-4H3;5-14H,4H2,1-3H3;4-13H,1-3H3/q4*+1/i1D3,15D;1D3,16D;1D3;. The highest BCUT2D eigenvalue weighted by atomic mass is 19.1. The minimum Gasteiger partial charge on any atom is -0.207 e. The summed E-state index contributed by atoms with van der Waals surface area (Å²) in [5, 5.41) is 0. The fraction of sp³-hybridized carbons (Fsp3) is 0.200. The number of benzene rings is 8. The SMILES string of the molecule is Cc1cc(-c2ccccc2C)[n+](C)cc1-c1ccc(F)cc1.[2H]C([2H])([2H])C([2H])(C)c1cc(-c2ccccc2C)[n+](C)cc1-c1ccc(F)cc1.[2H]C([2H])([2H])C([2H])(C)c1cc(-c2ccccc2C)[n+](C)cc1-c1ccccc1.[2H]C([2H])([2H])Cc1cc(-c2ccccc2C)[n+](C)cc1-c1ccc(F)cc1. The maximum Gasteiger partial charge on any atom is 0.212 e. The van der Waals surface area contributed by atoms with Crippen LogP contribution in [0.3, 0.4) is 0 Å². The third-order valence-electron chi connectivity index (χ3n) is 16.6. The number of nitrogens with zero attached hydrogens (tertiary/aromatic N) is 4. The Morgan fingerprint density at radius 2 is 0.620 bits per heavy atom. The van der Waals surface area contributed by atoms with Crippen molar-refractivity contribution in [3.8, 4) is 89.5 Å². The molecule has 7 heteroatoms. The fourth-order valence-corrected chi connectivity index (χ4v) is 11.5. The quantitative estimate of drug-likeness (QED) is 0.115. The Bertz CT molecular complexity index is 4970. The molecule has 4 nitrogen and oxygen atoms in total. The van der Waals surface area contributed by atoms with E-state index in [0.29, 0.717) is 22.3 Å². The maximum absolute atomic E-state index is 13.4. The molecule has 12 aromatic rings. The topological polar surface area (TPSA) is 15.5 Å². The van der Waals surface area contributed by atoms with E-state index in [-0.39, 0.29) is 23.9 Å². The van der Waals surface area contributed by atoms with Gasteiger partial charge < -0.3 is 0 Å². The summed E-state index contributed by atoms with van der Waals surface area (Å²) in [6, 6.07) is 68.4. The largest absolute Gasteiger partial charge is 0.212 e. The summed E-state index contributed by atoms with van der Waals surface area (Å²) in [6.07, 6.45) is 7.76. The Morgan fingerprint density at radius 3 is 0.978 bits per heavy atom. The molecule has 8 aromatic carbocycles. The monoisotopic (exact) mass is 1230 g/mol. The lowest BCUT2D eigenvalue weighted by molar-refractivity contribution is -0.660. The van der Waals surface area contributed by atoms with E-state index in [4.69, 9.17) is 15.1 Å². The van der Waals surface area contributed by atoms with E-state index in [1.807, 2.05) is 209 Å². The first-order chi connectivity index (χ1) is 48.4. The lowest BCUT2D eigenvalue weighted by Gasteiger charge is -2.14. The van der Waals surface area contributed by atoms with Gasteiger partial charge in [-0.25, -0.2) is 31.4 Å². The zero-order valence-electron chi connectivity index (χ0n) is 65.3. The second-order valence-corrected chi connectivity index (χ2v) is 23.3. The van der Waals surface area contributed by atoms with E-state index < -0.39 is 32.3 Å². The summed E-state index contributed by atoms with van der Waals surface area (Å²) < 4.78 is 136. The van der Waals surface area contributed by atoms with Crippen LogP contribution in [-0.2, 0) is 34.6 Å². The van der Waals surface area contributed by atoms with Crippen LogP contribution >= 0.6 is 0 Å².